The van der Waals surface area contributed by atoms with Crippen LogP contribution in [0, 0.1) is 0 Å². The number of hydrogen-bond donors (Lipinski definition) is 2. The zero-order valence-electron chi connectivity index (χ0n) is 10.1. The molecule has 4 nitrogen and oxygen atoms in total. The van der Waals surface area contributed by atoms with Crippen molar-refractivity contribution < 1.29 is 10.2 Å². The minimum Gasteiger partial charge on any atom is -0.508 e. The molecule has 0 bridgehead atoms. The Balaban J connectivity index is 1.79. The van der Waals surface area contributed by atoms with Gasteiger partial charge in [0.05, 0.1) is 11.8 Å². The maximum atomic E-state index is 9.61. The molecule has 3 rings (SSSR count). The minimum atomic E-state index is -0.242. The van der Waals surface area contributed by atoms with Crippen molar-refractivity contribution in [2.75, 3.05) is 0 Å². The number of fused-ring (bicyclic) bond motifs is 1. The van der Waals surface area contributed by atoms with Crippen LogP contribution < -0.4 is 0 Å². The Morgan fingerprint density at radius 3 is 2.83 bits per heavy atom. The monoisotopic (exact) mass is 244 g/mol. The zero-order chi connectivity index (χ0) is 12.5. The molecule has 1 aliphatic rings. The van der Waals surface area contributed by atoms with E-state index < -0.39 is 0 Å². The van der Waals surface area contributed by atoms with Crippen LogP contribution in [0.1, 0.15) is 23.5 Å². The van der Waals surface area contributed by atoms with Crippen LogP contribution >= 0.6 is 0 Å². The van der Waals surface area contributed by atoms with E-state index in [1.54, 1.807) is 12.1 Å². The Morgan fingerprint density at radius 2 is 2.06 bits per heavy atom. The largest absolute Gasteiger partial charge is 0.508 e. The highest BCUT2D eigenvalue weighted by Gasteiger charge is 2.18. The average molecular weight is 244 g/mol. The predicted molar refractivity (Wildman–Crippen MR) is 67.5 cm³/mol. The summed E-state index contributed by atoms with van der Waals surface area (Å²) >= 11 is 0. The second-order valence-electron chi connectivity index (χ2n) is 4.84. The van der Waals surface area contributed by atoms with E-state index in [1.807, 2.05) is 22.9 Å². The van der Waals surface area contributed by atoms with Gasteiger partial charge >= 0.3 is 0 Å². The summed E-state index contributed by atoms with van der Waals surface area (Å²) in [6, 6.07) is 7.19. The molecular formula is C14H16N2O2. The minimum absolute atomic E-state index is 0.242. The average Bonchev–Trinajstić information content (AvgIpc) is 2.73. The van der Waals surface area contributed by atoms with Crippen molar-refractivity contribution in [3.63, 3.8) is 0 Å². The quantitative estimate of drug-likeness (QED) is 0.841. The lowest BCUT2D eigenvalue weighted by atomic mass is 10.1. The summed E-state index contributed by atoms with van der Waals surface area (Å²) in [7, 11) is 0. The smallest absolute Gasteiger partial charge is 0.115 e. The molecule has 18 heavy (non-hydrogen) atoms. The van der Waals surface area contributed by atoms with Gasteiger partial charge in [0.1, 0.15) is 11.6 Å². The molecule has 94 valence electrons. The number of aryl methyl sites for hydroxylation is 1. The molecule has 2 N–H and O–H groups in total. The van der Waals surface area contributed by atoms with Gasteiger partial charge in [0.25, 0.3) is 0 Å². The van der Waals surface area contributed by atoms with Crippen molar-refractivity contribution >= 4 is 0 Å². The first-order valence-electron chi connectivity index (χ1n) is 6.21. The first-order valence-corrected chi connectivity index (χ1v) is 6.21. The van der Waals surface area contributed by atoms with Crippen LogP contribution in [-0.4, -0.2) is 25.9 Å². The number of phenols is 1. The second-order valence-corrected chi connectivity index (χ2v) is 4.84. The summed E-state index contributed by atoms with van der Waals surface area (Å²) in [6.07, 6.45) is 4.18. The fourth-order valence-electron chi connectivity index (χ4n) is 2.39. The number of aromatic hydroxyl groups is 1. The molecule has 2 aromatic rings. The lowest BCUT2D eigenvalue weighted by Crippen LogP contribution is -2.23. The van der Waals surface area contributed by atoms with Gasteiger partial charge in [-0.05, 0) is 24.1 Å². The SMILES string of the molecule is Oc1ccc(Cc2cn3c(n2)CCC(O)C3)cc1. The van der Waals surface area contributed by atoms with Crippen LogP contribution in [0.5, 0.6) is 5.75 Å². The van der Waals surface area contributed by atoms with Crippen LogP contribution in [0.25, 0.3) is 0 Å². The van der Waals surface area contributed by atoms with E-state index in [-0.39, 0.29) is 11.9 Å². The van der Waals surface area contributed by atoms with E-state index in [4.69, 9.17) is 0 Å². The lowest BCUT2D eigenvalue weighted by molar-refractivity contribution is 0.130. The van der Waals surface area contributed by atoms with Crippen molar-refractivity contribution in [3.05, 3.63) is 47.5 Å². The number of nitrogens with zero attached hydrogens (tertiary/aromatic N) is 2. The fourth-order valence-corrected chi connectivity index (χ4v) is 2.39. The Kier molecular flexibility index (Phi) is 2.80. The van der Waals surface area contributed by atoms with Gasteiger partial charge in [-0.1, -0.05) is 12.1 Å². The summed E-state index contributed by atoms with van der Waals surface area (Å²) in [5, 5.41) is 18.8. The molecule has 1 unspecified atom stereocenters. The molecule has 4 heteroatoms. The number of rotatable bonds is 2. The molecule has 1 aromatic carbocycles. The van der Waals surface area contributed by atoms with Crippen LogP contribution in [0.3, 0.4) is 0 Å². The van der Waals surface area contributed by atoms with Crippen LogP contribution in [-0.2, 0) is 19.4 Å². The van der Waals surface area contributed by atoms with Gasteiger partial charge in [-0.15, -0.1) is 0 Å². The summed E-state index contributed by atoms with van der Waals surface area (Å²) < 4.78 is 2.05. The van der Waals surface area contributed by atoms with Crippen molar-refractivity contribution in [1.29, 1.82) is 0 Å². The molecule has 1 atom stereocenters. The second kappa shape index (κ2) is 4.46. The van der Waals surface area contributed by atoms with E-state index in [1.165, 1.54) is 0 Å². The Morgan fingerprint density at radius 1 is 1.28 bits per heavy atom. The third-order valence-electron chi connectivity index (χ3n) is 3.34. The number of aromatic nitrogens is 2. The van der Waals surface area contributed by atoms with Crippen molar-refractivity contribution in [3.8, 4) is 5.75 Å². The molecule has 1 aliphatic heterocycles. The summed E-state index contributed by atoms with van der Waals surface area (Å²) in [4.78, 5) is 4.59. The normalized spacial score (nSPS) is 18.6. The van der Waals surface area contributed by atoms with E-state index in [0.29, 0.717) is 6.54 Å². The van der Waals surface area contributed by atoms with Gasteiger partial charge in [-0.2, -0.15) is 0 Å². The zero-order valence-corrected chi connectivity index (χ0v) is 10.1. The van der Waals surface area contributed by atoms with Gasteiger partial charge in [0.15, 0.2) is 0 Å². The molecule has 0 saturated heterocycles. The van der Waals surface area contributed by atoms with E-state index in [0.717, 1.165) is 36.3 Å². The molecule has 1 aromatic heterocycles. The standard InChI is InChI=1S/C14H16N2O2/c17-12-3-1-10(2-4-12)7-11-8-16-9-13(18)5-6-14(16)15-11/h1-4,8,13,17-18H,5-7,9H2. The Hall–Kier alpha value is -1.81. The fraction of sp³-hybridized carbons (Fsp3) is 0.357. The molecular weight excluding hydrogens is 228 g/mol. The van der Waals surface area contributed by atoms with Gasteiger partial charge in [0.2, 0.25) is 0 Å². The molecule has 2 heterocycles. The molecule has 0 aliphatic carbocycles. The number of phenolic OH excluding ortho intramolecular Hbond substituents is 1. The molecule has 0 spiro atoms. The topological polar surface area (TPSA) is 58.3 Å². The molecule has 0 radical (unpaired) electrons. The summed E-state index contributed by atoms with van der Waals surface area (Å²) in [5.41, 5.74) is 2.15. The van der Waals surface area contributed by atoms with Gasteiger partial charge in [0, 0.05) is 25.6 Å². The van der Waals surface area contributed by atoms with Crippen molar-refractivity contribution in [1.82, 2.24) is 9.55 Å². The third kappa shape index (κ3) is 2.24. The van der Waals surface area contributed by atoms with Crippen molar-refractivity contribution in [2.45, 2.75) is 31.9 Å². The number of aliphatic hydroxyl groups excluding tert-OH is 1. The first-order chi connectivity index (χ1) is 8.70. The highest BCUT2D eigenvalue weighted by Crippen LogP contribution is 2.18. The molecule has 0 fully saturated rings. The number of imidazole rings is 1. The number of benzene rings is 1. The van der Waals surface area contributed by atoms with Gasteiger partial charge < -0.3 is 14.8 Å². The number of aliphatic hydroxyl groups is 1. The predicted octanol–water partition coefficient (Wildman–Crippen LogP) is 1.49. The lowest BCUT2D eigenvalue weighted by Gasteiger charge is -2.18. The molecule has 0 amide bonds. The van der Waals surface area contributed by atoms with Gasteiger partial charge in [-0.25, -0.2) is 4.98 Å². The number of hydrogen-bond acceptors (Lipinski definition) is 3. The highest BCUT2D eigenvalue weighted by atomic mass is 16.3. The Labute approximate surface area is 106 Å². The summed E-state index contributed by atoms with van der Waals surface area (Å²) in [5.74, 6) is 1.35. The third-order valence-corrected chi connectivity index (χ3v) is 3.34. The summed E-state index contributed by atoms with van der Waals surface area (Å²) in [6.45, 7) is 0.651. The van der Waals surface area contributed by atoms with Crippen LogP contribution in [0.4, 0.5) is 0 Å². The maximum absolute atomic E-state index is 9.61. The highest BCUT2D eigenvalue weighted by molar-refractivity contribution is 5.28. The van der Waals surface area contributed by atoms with Crippen LogP contribution in [0.15, 0.2) is 30.5 Å². The van der Waals surface area contributed by atoms with Gasteiger partial charge in [-0.3, -0.25) is 0 Å². The maximum Gasteiger partial charge on any atom is 0.115 e. The van der Waals surface area contributed by atoms with E-state index >= 15 is 0 Å². The van der Waals surface area contributed by atoms with Crippen LogP contribution in [0.2, 0.25) is 0 Å². The first kappa shape index (κ1) is 11.3. The van der Waals surface area contributed by atoms with Crippen molar-refractivity contribution in [2.24, 2.45) is 0 Å². The Bertz CT molecular complexity index is 545. The van der Waals surface area contributed by atoms with E-state index in [2.05, 4.69) is 4.98 Å². The molecule has 0 saturated carbocycles. The van der Waals surface area contributed by atoms with E-state index in [9.17, 15) is 10.2 Å².